The van der Waals surface area contributed by atoms with Crippen molar-refractivity contribution in [2.45, 2.75) is 76.3 Å². The minimum absolute atomic E-state index is 0.000793. The number of carbonyl (C=O) groups is 3. The molecule has 42 heavy (non-hydrogen) atoms. The Hall–Kier alpha value is -2.89. The zero-order valence-electron chi connectivity index (χ0n) is 24.4. The number of nitrogens with one attached hydrogen (secondary N) is 2. The maximum Gasteiger partial charge on any atom is 0.264 e. The predicted octanol–water partition coefficient (Wildman–Crippen LogP) is 3.91. The maximum absolute atomic E-state index is 12.9. The summed E-state index contributed by atoms with van der Waals surface area (Å²) in [5.41, 5.74) is 1.87. The highest BCUT2D eigenvalue weighted by Crippen LogP contribution is 2.31. The van der Waals surface area contributed by atoms with Crippen LogP contribution >= 0.6 is 12.6 Å². The first-order valence-corrected chi connectivity index (χ1v) is 16.8. The highest BCUT2D eigenvalue weighted by Gasteiger charge is 2.28. The molecule has 0 bridgehead atoms. The lowest BCUT2D eigenvalue weighted by Crippen LogP contribution is -2.42. The smallest absolute Gasteiger partial charge is 0.264 e. The number of thiol groups is 1. The zero-order valence-corrected chi connectivity index (χ0v) is 26.1. The second-order valence-electron chi connectivity index (χ2n) is 10.9. The monoisotopic (exact) mass is 617 g/mol. The van der Waals surface area contributed by atoms with Crippen molar-refractivity contribution in [2.24, 2.45) is 11.8 Å². The fourth-order valence-electron chi connectivity index (χ4n) is 5.31. The fourth-order valence-corrected chi connectivity index (χ4v) is 7.06. The lowest BCUT2D eigenvalue weighted by atomic mass is 9.80. The van der Waals surface area contributed by atoms with Gasteiger partial charge in [-0.15, -0.1) is 0 Å². The molecule has 2 aromatic carbocycles. The van der Waals surface area contributed by atoms with Gasteiger partial charge in [0.05, 0.1) is 4.90 Å². The van der Waals surface area contributed by atoms with Crippen molar-refractivity contribution in [3.8, 4) is 11.1 Å². The first-order valence-electron chi connectivity index (χ1n) is 14.7. The van der Waals surface area contributed by atoms with Crippen LogP contribution in [-0.4, -0.2) is 61.1 Å². The number of hydrogen-bond acceptors (Lipinski definition) is 7. The van der Waals surface area contributed by atoms with Gasteiger partial charge in [-0.25, -0.2) is 13.1 Å². The van der Waals surface area contributed by atoms with Gasteiger partial charge in [0.15, 0.2) is 0 Å². The molecule has 2 atom stereocenters. The van der Waals surface area contributed by atoms with Gasteiger partial charge in [0, 0.05) is 43.3 Å². The van der Waals surface area contributed by atoms with Crippen molar-refractivity contribution >= 4 is 40.4 Å². The largest absolute Gasteiger partial charge is 0.384 e. The molecular weight excluding hydrogens is 574 g/mol. The van der Waals surface area contributed by atoms with Gasteiger partial charge in [-0.1, -0.05) is 68.7 Å². The summed E-state index contributed by atoms with van der Waals surface area (Å²) in [6.07, 6.45) is 5.28. The summed E-state index contributed by atoms with van der Waals surface area (Å²) in [5.74, 6) is -0.251. The molecule has 9 nitrogen and oxygen atoms in total. The Morgan fingerprint density at radius 3 is 2.31 bits per heavy atom. The van der Waals surface area contributed by atoms with E-state index in [1.54, 1.807) is 35.2 Å². The molecular formula is C31H43N3O6S2. The van der Waals surface area contributed by atoms with Gasteiger partial charge in [0.2, 0.25) is 11.8 Å². The predicted molar refractivity (Wildman–Crippen MR) is 166 cm³/mol. The van der Waals surface area contributed by atoms with Gasteiger partial charge in [0.1, 0.15) is 6.10 Å². The van der Waals surface area contributed by atoms with Crippen LogP contribution in [0.1, 0.15) is 64.4 Å². The first kappa shape index (κ1) is 33.6. The molecule has 0 radical (unpaired) electrons. The molecule has 230 valence electrons. The molecule has 3 N–H and O–H groups in total. The number of rotatable bonds is 14. The SMILES string of the molecule is CCCC(=O)N(CCNC(=O)[C@@H](CS)C1CCCCC1)Cc1ccc(-c2ccccc2S(=O)(=O)NC(=O)[C@H](C)O)cc1. The summed E-state index contributed by atoms with van der Waals surface area (Å²) in [6, 6.07) is 13.5. The normalized spacial score (nSPS) is 15.4. The van der Waals surface area contributed by atoms with Crippen LogP contribution in [0, 0.1) is 11.8 Å². The highest BCUT2D eigenvalue weighted by atomic mass is 32.2. The quantitative estimate of drug-likeness (QED) is 0.238. The topological polar surface area (TPSA) is 133 Å². The van der Waals surface area contributed by atoms with Crippen LogP contribution in [0.25, 0.3) is 11.1 Å². The second-order valence-corrected chi connectivity index (χ2v) is 12.9. The Bertz CT molecular complexity index is 1310. The molecule has 0 unspecified atom stereocenters. The van der Waals surface area contributed by atoms with Crippen LogP contribution in [0.4, 0.5) is 0 Å². The standard InChI is InChI=1S/C31H43N3O6S2/c1-3-9-29(36)34(19-18-32-31(38)27(21-41)24-10-5-4-6-11-24)20-23-14-16-25(17-15-23)26-12-7-8-13-28(26)42(39,40)33-30(37)22(2)35/h7-8,12-17,22,24,27,35,41H,3-6,9-11,18-21H2,1-2H3,(H,32,38)(H,33,37)/t22-,27-/m0/s1. The van der Waals surface area contributed by atoms with Gasteiger partial charge >= 0.3 is 0 Å². The van der Waals surface area contributed by atoms with Crippen molar-refractivity contribution in [2.75, 3.05) is 18.8 Å². The van der Waals surface area contributed by atoms with Crippen LogP contribution in [0.15, 0.2) is 53.4 Å². The molecule has 0 spiro atoms. The summed E-state index contributed by atoms with van der Waals surface area (Å²) in [5, 5.41) is 12.5. The van der Waals surface area contributed by atoms with Gasteiger partial charge < -0.3 is 15.3 Å². The summed E-state index contributed by atoms with van der Waals surface area (Å²) < 4.78 is 27.6. The average molecular weight is 618 g/mol. The molecule has 0 aromatic heterocycles. The number of hydrogen-bond donors (Lipinski definition) is 4. The molecule has 3 amide bonds. The van der Waals surface area contributed by atoms with E-state index in [0.29, 0.717) is 55.3 Å². The van der Waals surface area contributed by atoms with Crippen LogP contribution in [0.3, 0.4) is 0 Å². The molecule has 1 aliphatic carbocycles. The van der Waals surface area contributed by atoms with E-state index in [0.717, 1.165) is 31.2 Å². The Labute approximate surface area is 254 Å². The molecule has 2 aromatic rings. The maximum atomic E-state index is 12.9. The number of sulfonamides is 1. The zero-order chi connectivity index (χ0) is 30.7. The Balaban J connectivity index is 1.70. The van der Waals surface area contributed by atoms with E-state index in [2.05, 4.69) is 17.9 Å². The van der Waals surface area contributed by atoms with Gasteiger partial charge in [-0.05, 0) is 49.3 Å². The van der Waals surface area contributed by atoms with Crippen molar-refractivity contribution in [1.29, 1.82) is 0 Å². The summed E-state index contributed by atoms with van der Waals surface area (Å²) in [4.78, 5) is 39.4. The van der Waals surface area contributed by atoms with Crippen LogP contribution < -0.4 is 10.0 Å². The molecule has 0 heterocycles. The van der Waals surface area contributed by atoms with E-state index in [-0.39, 0.29) is 22.6 Å². The lowest BCUT2D eigenvalue weighted by Gasteiger charge is -2.29. The van der Waals surface area contributed by atoms with Crippen molar-refractivity contribution in [3.05, 3.63) is 54.1 Å². The van der Waals surface area contributed by atoms with E-state index in [1.807, 2.05) is 23.8 Å². The lowest BCUT2D eigenvalue weighted by molar-refractivity contribution is -0.132. The fraction of sp³-hybridized carbons (Fsp3) is 0.516. The van der Waals surface area contributed by atoms with Gasteiger partial charge in [-0.2, -0.15) is 12.6 Å². The third-order valence-corrected chi connectivity index (χ3v) is 9.48. The average Bonchev–Trinajstić information content (AvgIpc) is 2.98. The van der Waals surface area contributed by atoms with Crippen molar-refractivity contribution in [1.82, 2.24) is 14.9 Å². The number of aliphatic hydroxyl groups excluding tert-OH is 1. The van der Waals surface area contributed by atoms with E-state index in [1.165, 1.54) is 19.4 Å². The van der Waals surface area contributed by atoms with E-state index >= 15 is 0 Å². The van der Waals surface area contributed by atoms with E-state index in [9.17, 15) is 27.9 Å². The minimum Gasteiger partial charge on any atom is -0.384 e. The minimum atomic E-state index is -4.21. The molecule has 1 saturated carbocycles. The molecule has 11 heteroatoms. The Kier molecular flexibility index (Phi) is 12.9. The van der Waals surface area contributed by atoms with Crippen LogP contribution in [-0.2, 0) is 31.0 Å². The summed E-state index contributed by atoms with van der Waals surface area (Å²) in [6.45, 7) is 4.21. The molecule has 1 fully saturated rings. The van der Waals surface area contributed by atoms with Crippen molar-refractivity contribution < 1.29 is 27.9 Å². The second kappa shape index (κ2) is 16.1. The molecule has 0 aliphatic heterocycles. The summed E-state index contributed by atoms with van der Waals surface area (Å²) in [7, 11) is -4.21. The van der Waals surface area contributed by atoms with E-state index < -0.39 is 22.0 Å². The number of carbonyl (C=O) groups excluding carboxylic acids is 3. The van der Waals surface area contributed by atoms with Crippen LogP contribution in [0.5, 0.6) is 0 Å². The van der Waals surface area contributed by atoms with Gasteiger partial charge in [-0.3, -0.25) is 14.4 Å². The number of amides is 3. The van der Waals surface area contributed by atoms with E-state index in [4.69, 9.17) is 0 Å². The molecule has 1 aliphatic rings. The third kappa shape index (κ3) is 9.31. The van der Waals surface area contributed by atoms with Crippen molar-refractivity contribution in [3.63, 3.8) is 0 Å². The number of nitrogens with zero attached hydrogens (tertiary/aromatic N) is 1. The number of aliphatic hydroxyl groups is 1. The Morgan fingerprint density at radius 1 is 1.02 bits per heavy atom. The third-order valence-electron chi connectivity index (χ3n) is 7.68. The summed E-state index contributed by atoms with van der Waals surface area (Å²) >= 11 is 4.45. The highest BCUT2D eigenvalue weighted by molar-refractivity contribution is 7.90. The van der Waals surface area contributed by atoms with Crippen LogP contribution in [0.2, 0.25) is 0 Å². The molecule has 0 saturated heterocycles. The van der Waals surface area contributed by atoms with Gasteiger partial charge in [0.25, 0.3) is 15.9 Å². The molecule has 3 rings (SSSR count). The Morgan fingerprint density at radius 2 is 1.69 bits per heavy atom. The first-order chi connectivity index (χ1) is 20.1. The number of benzene rings is 2.